The predicted octanol–water partition coefficient (Wildman–Crippen LogP) is -2.55. The predicted molar refractivity (Wildman–Crippen MR) is 288 cm³/mol. The maximum absolute atomic E-state index is 15.5. The highest BCUT2D eigenvalue weighted by molar-refractivity contribution is 5.80. The van der Waals surface area contributed by atoms with E-state index in [4.69, 9.17) is 47.4 Å². The maximum Gasteiger partial charge on any atom is 0.317 e. The summed E-state index contributed by atoms with van der Waals surface area (Å²) in [7, 11) is 0. The number of esters is 1. The van der Waals surface area contributed by atoms with Gasteiger partial charge >= 0.3 is 5.97 Å². The number of fused-ring (bicyclic) bond motifs is 7. The van der Waals surface area contributed by atoms with Crippen molar-refractivity contribution in [1.82, 2.24) is 0 Å². The lowest BCUT2D eigenvalue weighted by atomic mass is 9.33. The summed E-state index contributed by atoms with van der Waals surface area (Å²) in [5.41, 5.74) is -3.80. The van der Waals surface area contributed by atoms with Crippen LogP contribution in [0.2, 0.25) is 0 Å². The Hall–Kier alpha value is -1.75. The van der Waals surface area contributed by atoms with Crippen molar-refractivity contribution in [2.45, 2.75) is 286 Å². The number of aliphatic hydroxyl groups is 15. The van der Waals surface area contributed by atoms with Gasteiger partial charge in [-0.2, -0.15) is 0 Å². The molecule has 1 unspecified atom stereocenters. The molecular formula is C59H96O26. The number of ether oxygens (including phenoxy) is 10. The van der Waals surface area contributed by atoms with Crippen molar-refractivity contribution in [3.8, 4) is 0 Å². The quantitative estimate of drug-likeness (QED) is 0.0575. The third-order valence-corrected chi connectivity index (χ3v) is 23.1. The zero-order chi connectivity index (χ0) is 62.3. The Morgan fingerprint density at radius 2 is 1.05 bits per heavy atom. The standard InChI is InChI=1S/C59H96O26/c1-22-33(64)36(67)40(71)49(77-22)82-45-29(62)20-76-48(43(45)74)81-44-25(4)80-50(42(73)39(44)70)83-46-38(69)35(66)24(3)79-52(46)85-53(75)59-16-15-54(5,6)17-27(59)26-11-12-31-55(7)18-28(61)47(84-51-41(72)37(68)34(65)23(2)78-51)56(8,21-60)30(55)13-14-57(31,9)58(26,10)19-32(59)63/h11,22-25,27-52,60-74H,12-21H2,1-10H3/t22-,23-,24+,25-,27+,28-,29+,30?,31+,32+,33-,34-,35-,36+,37+,38-,39-,40+,41+,42+,43+,44-,45-,46+,47-,48-,49-,50-,51-,52-,55-,56-,57+,58+,59+/m0/s1. The Morgan fingerprint density at radius 1 is 0.529 bits per heavy atom. The van der Waals surface area contributed by atoms with E-state index in [-0.39, 0.29) is 43.1 Å². The fourth-order valence-corrected chi connectivity index (χ4v) is 17.8. The minimum Gasteiger partial charge on any atom is -0.432 e. The molecule has 0 spiro atoms. The van der Waals surface area contributed by atoms with Crippen molar-refractivity contribution in [2.24, 2.45) is 50.2 Å². The van der Waals surface area contributed by atoms with Gasteiger partial charge in [0.1, 0.15) is 90.9 Å². The number of hydrogen-bond acceptors (Lipinski definition) is 26. The van der Waals surface area contributed by atoms with E-state index in [0.717, 1.165) is 5.57 Å². The second kappa shape index (κ2) is 23.7. The molecule has 0 bridgehead atoms. The molecule has 5 aliphatic heterocycles. The van der Waals surface area contributed by atoms with Crippen LogP contribution in [-0.2, 0) is 52.2 Å². The van der Waals surface area contributed by atoms with Gasteiger partial charge in [0.15, 0.2) is 31.3 Å². The Bertz CT molecular complexity index is 2400. The van der Waals surface area contributed by atoms with Crippen LogP contribution in [-0.4, -0.2) is 262 Å². The fraction of sp³-hybridized carbons (Fsp3) is 0.949. The summed E-state index contributed by atoms with van der Waals surface area (Å²) in [6.07, 6.45) is -35.2. The molecule has 0 radical (unpaired) electrons. The first-order chi connectivity index (χ1) is 39.6. The van der Waals surface area contributed by atoms with E-state index in [2.05, 4.69) is 40.7 Å². The van der Waals surface area contributed by atoms with E-state index in [9.17, 15) is 76.6 Å². The Morgan fingerprint density at radius 3 is 1.65 bits per heavy atom. The first-order valence-electron chi connectivity index (χ1n) is 30.5. The summed E-state index contributed by atoms with van der Waals surface area (Å²) < 4.78 is 59.6. The normalized spacial score (nSPS) is 57.0. The number of carbonyl (C=O) groups is 1. The number of rotatable bonds is 11. The fourth-order valence-electron chi connectivity index (χ4n) is 17.8. The number of allylic oxidation sites excluding steroid dienone is 2. The van der Waals surface area contributed by atoms with Gasteiger partial charge in [0.25, 0.3) is 0 Å². The maximum atomic E-state index is 15.5. The molecule has 0 aromatic carbocycles. The summed E-state index contributed by atoms with van der Waals surface area (Å²) in [5, 5.41) is 168. The van der Waals surface area contributed by atoms with Gasteiger partial charge in [-0.1, -0.05) is 53.2 Å². The molecule has 15 N–H and O–H groups in total. The van der Waals surface area contributed by atoms with E-state index in [0.29, 0.717) is 32.1 Å². The zero-order valence-electron chi connectivity index (χ0n) is 50.2. The van der Waals surface area contributed by atoms with Gasteiger partial charge < -0.3 is 124 Å². The van der Waals surface area contributed by atoms with Crippen LogP contribution in [0.3, 0.4) is 0 Å². The van der Waals surface area contributed by atoms with Gasteiger partial charge in [-0.05, 0) is 118 Å². The molecule has 85 heavy (non-hydrogen) atoms. The average molecular weight is 1220 g/mol. The monoisotopic (exact) mass is 1220 g/mol. The van der Waals surface area contributed by atoms with Gasteiger partial charge in [-0.15, -0.1) is 0 Å². The molecule has 26 nitrogen and oxygen atoms in total. The lowest BCUT2D eigenvalue weighted by molar-refractivity contribution is -0.380. The topological polar surface area (TPSA) is 413 Å². The van der Waals surface area contributed by atoms with E-state index < -0.39 is 211 Å². The molecule has 10 rings (SSSR count). The lowest BCUT2D eigenvalue weighted by Gasteiger charge is -2.72. The molecule has 35 atom stereocenters. The van der Waals surface area contributed by atoms with Crippen molar-refractivity contribution in [1.29, 1.82) is 0 Å². The van der Waals surface area contributed by atoms with Gasteiger partial charge in [0.2, 0.25) is 6.29 Å². The highest BCUT2D eigenvalue weighted by atomic mass is 16.8. The summed E-state index contributed by atoms with van der Waals surface area (Å²) in [6, 6.07) is 0. The summed E-state index contributed by atoms with van der Waals surface area (Å²) >= 11 is 0. The summed E-state index contributed by atoms with van der Waals surface area (Å²) in [6.45, 7) is 17.6. The molecule has 4 saturated carbocycles. The molecule has 5 heterocycles. The van der Waals surface area contributed by atoms with Crippen LogP contribution < -0.4 is 0 Å². The molecule has 0 aromatic rings. The Kier molecular flexibility index (Phi) is 18.5. The van der Waals surface area contributed by atoms with Gasteiger partial charge in [0.05, 0.1) is 55.9 Å². The largest absolute Gasteiger partial charge is 0.432 e. The van der Waals surface area contributed by atoms with Crippen LogP contribution in [0.15, 0.2) is 11.6 Å². The Balaban J connectivity index is 0.865. The van der Waals surface area contributed by atoms with Gasteiger partial charge in [-0.3, -0.25) is 4.79 Å². The first-order valence-corrected chi connectivity index (χ1v) is 30.5. The van der Waals surface area contributed by atoms with E-state index in [1.807, 2.05) is 6.92 Å². The SMILES string of the molecule is C[C@@H]1O[C@@H](O[C@@H]2[C@@H](O)[C@H](O[C@@H]3[C@@H](O)[C@@H](O)[C@H](O[C@H]4[C@H](OC(=O)[C@]56CCC(C)(C)C[C@@H]5C5=CC[C@@H]7[C@@]8(C)C[C@H](O)[C@H](O[C@@H]9O[C@@H](C)[C@H](O)[C@@H](O)[C@H]9O)[C@@](C)(CO)C8CC[C@@]7(C)[C@]5(C)C[C@H]6O)O[C@H](C)[C@H](O)[C@@H]4O)O[C@H]3C)OC[C@H]2O)[C@H](O)[C@H](O)[C@H]1O. The highest BCUT2D eigenvalue weighted by Crippen LogP contribution is 2.76. The lowest BCUT2D eigenvalue weighted by Crippen LogP contribution is -2.70. The van der Waals surface area contributed by atoms with Crippen molar-refractivity contribution in [2.75, 3.05) is 13.2 Å². The van der Waals surface area contributed by atoms with Crippen LogP contribution in [0.4, 0.5) is 0 Å². The molecule has 0 amide bonds. The number of hydrogen-bond donors (Lipinski definition) is 15. The van der Waals surface area contributed by atoms with Gasteiger partial charge in [-0.25, -0.2) is 0 Å². The average Bonchev–Trinajstić information content (AvgIpc) is 0.676. The second-order valence-electron chi connectivity index (χ2n) is 28.7. The van der Waals surface area contributed by atoms with Crippen LogP contribution in [0.5, 0.6) is 0 Å². The van der Waals surface area contributed by atoms with Crippen molar-refractivity contribution in [3.63, 3.8) is 0 Å². The highest BCUT2D eigenvalue weighted by Gasteiger charge is 2.73. The van der Waals surface area contributed by atoms with Crippen LogP contribution in [0.25, 0.3) is 0 Å². The van der Waals surface area contributed by atoms with Crippen LogP contribution in [0.1, 0.15) is 121 Å². The van der Waals surface area contributed by atoms with Crippen molar-refractivity contribution < 1.29 is 129 Å². The first kappa shape index (κ1) is 66.2. The molecular weight excluding hydrogens is 1120 g/mol. The van der Waals surface area contributed by atoms with E-state index in [1.54, 1.807) is 6.92 Å². The molecule has 10 aliphatic rings. The van der Waals surface area contributed by atoms with E-state index in [1.165, 1.54) is 20.8 Å². The minimum absolute atomic E-state index is 0.113. The summed E-state index contributed by atoms with van der Waals surface area (Å²) in [5.74, 6) is -1.74. The van der Waals surface area contributed by atoms with Crippen LogP contribution in [0, 0.1) is 50.2 Å². The molecule has 488 valence electrons. The Labute approximate surface area is 494 Å². The van der Waals surface area contributed by atoms with E-state index >= 15 is 4.79 Å². The molecule has 5 aliphatic carbocycles. The molecule has 26 heteroatoms. The summed E-state index contributed by atoms with van der Waals surface area (Å²) in [4.78, 5) is 15.5. The van der Waals surface area contributed by atoms with Crippen LogP contribution >= 0.6 is 0 Å². The second-order valence-corrected chi connectivity index (χ2v) is 28.7. The number of carbonyl (C=O) groups excluding carboxylic acids is 1. The zero-order valence-corrected chi connectivity index (χ0v) is 50.2. The molecule has 5 saturated heterocycles. The third-order valence-electron chi connectivity index (χ3n) is 23.1. The smallest absolute Gasteiger partial charge is 0.317 e. The third kappa shape index (κ3) is 10.7. The molecule has 9 fully saturated rings. The van der Waals surface area contributed by atoms with Crippen molar-refractivity contribution in [3.05, 3.63) is 11.6 Å². The van der Waals surface area contributed by atoms with Gasteiger partial charge in [0, 0.05) is 5.41 Å². The molecule has 0 aromatic heterocycles. The minimum atomic E-state index is -1.98. The number of aliphatic hydroxyl groups excluding tert-OH is 15. The van der Waals surface area contributed by atoms with Crippen molar-refractivity contribution >= 4 is 5.97 Å².